The van der Waals surface area contributed by atoms with Gasteiger partial charge in [0, 0.05) is 19.1 Å². The summed E-state index contributed by atoms with van der Waals surface area (Å²) in [5.41, 5.74) is -1.67. The number of benzene rings is 4. The molecule has 274 valence electrons. The summed E-state index contributed by atoms with van der Waals surface area (Å²) >= 11 is 0. The third-order valence-corrected chi connectivity index (χ3v) is 11.6. The number of halogens is 5. The zero-order chi connectivity index (χ0) is 37.1. The first kappa shape index (κ1) is 37.9. The summed E-state index contributed by atoms with van der Waals surface area (Å²) < 4.78 is 138. The van der Waals surface area contributed by atoms with Crippen molar-refractivity contribution in [3.05, 3.63) is 83.2 Å². The van der Waals surface area contributed by atoms with Crippen molar-refractivity contribution >= 4 is 23.1 Å². The fourth-order valence-electron chi connectivity index (χ4n) is 6.06. The molecular weight excluding hydrogens is 702 g/mol. The van der Waals surface area contributed by atoms with E-state index in [4.69, 9.17) is 37.9 Å². The first-order chi connectivity index (χ1) is 24.4. The fraction of sp³-hybridized carbons (Fsp3) is 0.333. The second-order valence-corrected chi connectivity index (χ2v) is 14.0. The van der Waals surface area contributed by atoms with E-state index in [2.05, 4.69) is 0 Å². The lowest BCUT2D eigenvalue weighted by molar-refractivity contribution is -0.146. The molecule has 1 heterocycles. The maximum Gasteiger partial charge on any atom is 0.200 e. The monoisotopic (exact) mass is 738 g/mol. The summed E-state index contributed by atoms with van der Waals surface area (Å²) in [4.78, 5) is 0. The lowest BCUT2D eigenvalue weighted by atomic mass is 9.97. The van der Waals surface area contributed by atoms with Gasteiger partial charge in [-0.25, -0.2) is 22.0 Å². The first-order valence-electron chi connectivity index (χ1n) is 15.5. The van der Waals surface area contributed by atoms with E-state index in [1.165, 1.54) is 71.9 Å². The van der Waals surface area contributed by atoms with Gasteiger partial charge in [-0.1, -0.05) is 12.1 Å². The Kier molecular flexibility index (Phi) is 11.5. The zero-order valence-corrected chi connectivity index (χ0v) is 29.6. The average molecular weight is 739 g/mol. The molecule has 51 heavy (non-hydrogen) atoms. The lowest BCUT2D eigenvalue weighted by Crippen LogP contribution is -2.31. The molecule has 0 aromatic heterocycles. The van der Waals surface area contributed by atoms with Crippen molar-refractivity contribution in [2.24, 2.45) is 0 Å². The predicted molar refractivity (Wildman–Crippen MR) is 178 cm³/mol. The molecule has 0 aliphatic carbocycles. The maximum absolute atomic E-state index is 16.7. The van der Waals surface area contributed by atoms with Crippen LogP contribution in [0.4, 0.5) is 22.0 Å². The number of hydrogen-bond donors (Lipinski definition) is 0. The second kappa shape index (κ2) is 15.5. The summed E-state index contributed by atoms with van der Waals surface area (Å²) in [6, 6.07) is 11.9. The van der Waals surface area contributed by atoms with Crippen molar-refractivity contribution in [2.75, 3.05) is 55.6 Å². The highest BCUT2D eigenvalue weighted by Gasteiger charge is 2.45. The molecule has 0 amide bonds. The normalized spacial score (nSPS) is 14.0. The van der Waals surface area contributed by atoms with Crippen LogP contribution in [-0.2, 0) is 25.2 Å². The smallest absolute Gasteiger partial charge is 0.200 e. The molecule has 1 aliphatic heterocycles. The van der Waals surface area contributed by atoms with Crippen LogP contribution < -0.4 is 39.6 Å². The summed E-state index contributed by atoms with van der Waals surface area (Å²) in [6.07, 6.45) is 0.240. The van der Waals surface area contributed by atoms with Gasteiger partial charge in [-0.3, -0.25) is 0 Å². The van der Waals surface area contributed by atoms with Crippen molar-refractivity contribution in [3.8, 4) is 39.9 Å². The fourth-order valence-corrected chi connectivity index (χ4v) is 9.48. The minimum Gasteiger partial charge on any atom is -0.496 e. The van der Waals surface area contributed by atoms with Crippen LogP contribution >= 0.6 is 7.14 Å². The van der Waals surface area contributed by atoms with Crippen LogP contribution in [0.5, 0.6) is 28.7 Å². The van der Waals surface area contributed by atoms with Crippen molar-refractivity contribution in [1.29, 1.82) is 0 Å². The van der Waals surface area contributed by atoms with Crippen molar-refractivity contribution in [3.63, 3.8) is 0 Å². The van der Waals surface area contributed by atoms with Gasteiger partial charge in [-0.05, 0) is 55.3 Å². The Bertz CT molecular complexity index is 1830. The maximum atomic E-state index is 16.7. The van der Waals surface area contributed by atoms with E-state index in [-0.39, 0.29) is 57.3 Å². The van der Waals surface area contributed by atoms with Gasteiger partial charge in [-0.15, -0.1) is 0 Å². The molecule has 0 atom stereocenters. The van der Waals surface area contributed by atoms with E-state index >= 15 is 13.3 Å². The molecule has 0 saturated carbocycles. The highest BCUT2D eigenvalue weighted by molar-refractivity contribution is 7.86. The number of rotatable bonds is 14. The Hall–Kier alpha value is -4.36. The number of methoxy groups -OCH3 is 5. The Morgan fingerprint density at radius 2 is 1.16 bits per heavy atom. The first-order valence-corrected chi connectivity index (χ1v) is 17.2. The number of hydrogen-bond acceptors (Lipinski definition) is 9. The van der Waals surface area contributed by atoms with Gasteiger partial charge in [0.05, 0.1) is 52.5 Å². The van der Waals surface area contributed by atoms with E-state index in [0.29, 0.717) is 13.2 Å². The summed E-state index contributed by atoms with van der Waals surface area (Å²) in [7, 11) is 1.97. The molecule has 0 spiro atoms. The molecule has 0 N–H and O–H groups in total. The largest absolute Gasteiger partial charge is 0.496 e. The molecule has 1 fully saturated rings. The molecule has 0 unspecified atom stereocenters. The van der Waals surface area contributed by atoms with Gasteiger partial charge < -0.3 is 42.5 Å². The summed E-state index contributed by atoms with van der Waals surface area (Å²) in [5, 5.41) is -0.343. The van der Waals surface area contributed by atoms with E-state index in [1.807, 2.05) is 0 Å². The molecule has 4 aromatic rings. The summed E-state index contributed by atoms with van der Waals surface area (Å²) in [5.74, 6) is -12.3. The number of ether oxygens (including phenoxy) is 8. The van der Waals surface area contributed by atoms with Crippen LogP contribution in [0.1, 0.15) is 18.9 Å². The van der Waals surface area contributed by atoms with E-state index in [1.54, 1.807) is 19.1 Å². The van der Waals surface area contributed by atoms with E-state index < -0.39 is 65.7 Å². The molecule has 15 heteroatoms. The molecule has 0 bridgehead atoms. The SMILES string of the molecule is COCOc1c(-c2c(F)c(F)c(F)c(F)c2F)cc(CCC2(C)OCCO2)cc1P(=O)(c1c(OC)cccc1OC)c1c(OC)cccc1OC. The quantitative estimate of drug-likeness (QED) is 0.0480. The highest BCUT2D eigenvalue weighted by Crippen LogP contribution is 2.56. The van der Waals surface area contributed by atoms with Gasteiger partial charge >= 0.3 is 0 Å². The summed E-state index contributed by atoms with van der Waals surface area (Å²) in [6.45, 7) is 1.74. The van der Waals surface area contributed by atoms with Gasteiger partial charge in [0.2, 0.25) is 5.82 Å². The van der Waals surface area contributed by atoms with Gasteiger partial charge in [-0.2, -0.15) is 0 Å². The molecule has 4 aromatic carbocycles. The van der Waals surface area contributed by atoms with Crippen LogP contribution in [-0.4, -0.2) is 61.3 Å². The highest BCUT2D eigenvalue weighted by atomic mass is 31.2. The van der Waals surface area contributed by atoms with Gasteiger partial charge in [0.15, 0.2) is 43.0 Å². The second-order valence-electron chi connectivity index (χ2n) is 11.4. The Morgan fingerprint density at radius 3 is 1.59 bits per heavy atom. The topological polar surface area (TPSA) is 90.9 Å². The van der Waals surface area contributed by atoms with Crippen molar-refractivity contribution < 1.29 is 64.4 Å². The standard InChI is InChI=1S/C36H36F5O9P/c1-36(49-15-16-50-36)14-13-20-17-21(27-28(37)30(39)32(41)31(40)29(27)38)33(48-19-43-2)26(18-20)51(42,34-22(44-3)9-7-10-23(34)45-4)35-24(46-5)11-8-12-25(35)47-6/h7-12,17-18H,13-16,19H2,1-6H3. The van der Waals surface area contributed by atoms with Crippen LogP contribution in [0.3, 0.4) is 0 Å². The van der Waals surface area contributed by atoms with Crippen molar-refractivity contribution in [2.45, 2.75) is 25.6 Å². The molecule has 5 rings (SSSR count). The minimum absolute atomic E-state index is 0.0463. The molecule has 0 radical (unpaired) electrons. The van der Waals surface area contributed by atoms with Crippen LogP contribution in [0.2, 0.25) is 0 Å². The molecule has 1 saturated heterocycles. The van der Waals surface area contributed by atoms with Gasteiger partial charge in [0.1, 0.15) is 39.4 Å². The predicted octanol–water partition coefficient (Wildman–Crippen LogP) is 6.40. The molecule has 1 aliphatic rings. The van der Waals surface area contributed by atoms with Crippen LogP contribution in [0.15, 0.2) is 48.5 Å². The lowest BCUT2D eigenvalue weighted by Gasteiger charge is -2.29. The minimum atomic E-state index is -4.62. The molecule has 9 nitrogen and oxygen atoms in total. The van der Waals surface area contributed by atoms with Crippen LogP contribution in [0.25, 0.3) is 11.1 Å². The third-order valence-electron chi connectivity index (χ3n) is 8.47. The van der Waals surface area contributed by atoms with Crippen molar-refractivity contribution in [1.82, 2.24) is 0 Å². The van der Waals surface area contributed by atoms with E-state index in [0.717, 1.165) is 0 Å². The zero-order valence-electron chi connectivity index (χ0n) is 28.7. The number of aryl methyl sites for hydroxylation is 1. The average Bonchev–Trinajstić information content (AvgIpc) is 3.59. The molecular formula is C36H36F5O9P. The third kappa shape index (κ3) is 6.85. The van der Waals surface area contributed by atoms with Crippen LogP contribution in [0, 0.1) is 29.1 Å². The Labute approximate surface area is 291 Å². The van der Waals surface area contributed by atoms with E-state index in [9.17, 15) is 13.2 Å². The van der Waals surface area contributed by atoms with Gasteiger partial charge in [0.25, 0.3) is 0 Å². The Morgan fingerprint density at radius 1 is 0.706 bits per heavy atom. The Balaban J connectivity index is 2.02.